The smallest absolute Gasteiger partial charge is 0.123 e. The van der Waals surface area contributed by atoms with Gasteiger partial charge in [0.25, 0.3) is 0 Å². The van der Waals surface area contributed by atoms with Crippen molar-refractivity contribution in [2.75, 3.05) is 11.5 Å². The van der Waals surface area contributed by atoms with Crippen molar-refractivity contribution in [3.05, 3.63) is 35.6 Å². The van der Waals surface area contributed by atoms with Crippen molar-refractivity contribution in [1.29, 1.82) is 0 Å². The van der Waals surface area contributed by atoms with E-state index in [0.717, 1.165) is 11.3 Å². The van der Waals surface area contributed by atoms with E-state index in [2.05, 4.69) is 6.92 Å². The Bertz CT molecular complexity index is 341. The normalized spacial score (nSPS) is 27.7. The quantitative estimate of drug-likeness (QED) is 0.882. The minimum Gasteiger partial charge on any atom is -0.323 e. The van der Waals surface area contributed by atoms with Gasteiger partial charge in [-0.25, -0.2) is 4.39 Å². The van der Waals surface area contributed by atoms with Crippen LogP contribution >= 0.6 is 23.5 Å². The minimum absolute atomic E-state index is 0.00778. The third-order valence-corrected chi connectivity index (χ3v) is 6.06. The lowest BCUT2D eigenvalue weighted by Gasteiger charge is -2.32. The van der Waals surface area contributed by atoms with Gasteiger partial charge in [-0.3, -0.25) is 0 Å². The van der Waals surface area contributed by atoms with Crippen molar-refractivity contribution < 1.29 is 4.39 Å². The van der Waals surface area contributed by atoms with Gasteiger partial charge in [0.1, 0.15) is 5.82 Å². The van der Waals surface area contributed by atoms with Gasteiger partial charge >= 0.3 is 0 Å². The van der Waals surface area contributed by atoms with Gasteiger partial charge < -0.3 is 5.73 Å². The molecule has 0 aliphatic carbocycles. The lowest BCUT2D eigenvalue weighted by molar-refractivity contribution is 0.621. The first kappa shape index (κ1) is 12.3. The molecule has 0 amide bonds. The van der Waals surface area contributed by atoms with Gasteiger partial charge in [-0.1, -0.05) is 19.1 Å². The van der Waals surface area contributed by atoms with Crippen molar-refractivity contribution in [2.24, 2.45) is 5.73 Å². The van der Waals surface area contributed by atoms with Crippen LogP contribution in [0.25, 0.3) is 0 Å². The van der Waals surface area contributed by atoms with E-state index >= 15 is 0 Å². The van der Waals surface area contributed by atoms with Crippen LogP contribution in [-0.2, 0) is 0 Å². The molecule has 0 aromatic heterocycles. The highest BCUT2D eigenvalue weighted by Crippen LogP contribution is 2.37. The summed E-state index contributed by atoms with van der Waals surface area (Å²) in [7, 11) is 0. The summed E-state index contributed by atoms with van der Waals surface area (Å²) < 4.78 is 12.8. The van der Waals surface area contributed by atoms with Crippen molar-refractivity contribution in [3.8, 4) is 0 Å². The molecule has 2 rings (SSSR count). The molecule has 1 aromatic rings. The molecule has 0 saturated carbocycles. The van der Waals surface area contributed by atoms with E-state index in [9.17, 15) is 4.39 Å². The minimum atomic E-state index is -0.199. The summed E-state index contributed by atoms with van der Waals surface area (Å²) in [6.45, 7) is 2.23. The van der Waals surface area contributed by atoms with E-state index < -0.39 is 0 Å². The first-order valence-corrected chi connectivity index (χ1v) is 7.52. The monoisotopic (exact) mass is 257 g/mol. The lowest BCUT2D eigenvalue weighted by atomic mass is 10.0. The number of halogens is 1. The number of hydrogen-bond donors (Lipinski definition) is 1. The van der Waals surface area contributed by atoms with Crippen molar-refractivity contribution in [1.82, 2.24) is 0 Å². The third-order valence-electron chi connectivity index (χ3n) is 2.85. The van der Waals surface area contributed by atoms with Gasteiger partial charge in [0, 0.05) is 28.0 Å². The van der Waals surface area contributed by atoms with Crippen molar-refractivity contribution in [3.63, 3.8) is 0 Å². The summed E-state index contributed by atoms with van der Waals surface area (Å²) in [5.74, 6) is 2.17. The van der Waals surface area contributed by atoms with E-state index in [4.69, 9.17) is 5.73 Å². The highest BCUT2D eigenvalue weighted by Gasteiger charge is 2.28. The van der Waals surface area contributed by atoms with Crippen LogP contribution in [0.1, 0.15) is 18.5 Å². The Morgan fingerprint density at radius 1 is 1.25 bits per heavy atom. The maximum absolute atomic E-state index is 12.8. The largest absolute Gasteiger partial charge is 0.323 e. The zero-order valence-corrected chi connectivity index (χ0v) is 10.9. The van der Waals surface area contributed by atoms with Gasteiger partial charge in [-0.2, -0.15) is 23.5 Å². The van der Waals surface area contributed by atoms with Crippen LogP contribution in [0.5, 0.6) is 0 Å². The van der Waals surface area contributed by atoms with Crippen molar-refractivity contribution >= 4 is 23.5 Å². The summed E-state index contributed by atoms with van der Waals surface area (Å²) in [5.41, 5.74) is 7.29. The van der Waals surface area contributed by atoms with E-state index in [1.54, 1.807) is 12.1 Å². The predicted octanol–water partition coefficient (Wildman–Crippen LogP) is 3.06. The molecule has 4 heteroatoms. The van der Waals surface area contributed by atoms with Gasteiger partial charge in [0.05, 0.1) is 0 Å². The molecular weight excluding hydrogens is 241 g/mol. The molecule has 0 spiro atoms. The molecule has 1 nitrogen and oxygen atoms in total. The zero-order chi connectivity index (χ0) is 11.5. The van der Waals surface area contributed by atoms with E-state index in [-0.39, 0.29) is 11.9 Å². The summed E-state index contributed by atoms with van der Waals surface area (Å²) in [6, 6.07) is 6.58. The van der Waals surface area contributed by atoms with Gasteiger partial charge in [0.2, 0.25) is 0 Å². The molecule has 1 aromatic carbocycles. The second kappa shape index (κ2) is 5.43. The second-order valence-corrected chi connectivity index (χ2v) is 6.76. The SMILES string of the molecule is CC1SCCSC1C(N)c1ccc(F)cc1. The Hall–Kier alpha value is -0.190. The Morgan fingerprint density at radius 3 is 2.50 bits per heavy atom. The summed E-state index contributed by atoms with van der Waals surface area (Å²) in [4.78, 5) is 0. The van der Waals surface area contributed by atoms with Crippen LogP contribution in [0, 0.1) is 5.82 Å². The molecule has 0 radical (unpaired) electrons. The standard InChI is InChI=1S/C12H16FNS2/c1-8-12(16-7-6-15-8)11(14)9-2-4-10(13)5-3-9/h2-5,8,11-12H,6-7,14H2,1H3. The van der Waals surface area contributed by atoms with Gasteiger partial charge in [-0.15, -0.1) is 0 Å². The van der Waals surface area contributed by atoms with Crippen LogP contribution < -0.4 is 5.73 Å². The molecule has 2 N–H and O–H groups in total. The Labute approximate surface area is 104 Å². The number of rotatable bonds is 2. The van der Waals surface area contributed by atoms with E-state index in [0.29, 0.717) is 10.5 Å². The fourth-order valence-electron chi connectivity index (χ4n) is 1.92. The zero-order valence-electron chi connectivity index (χ0n) is 9.23. The molecule has 88 valence electrons. The molecular formula is C12H16FNS2. The van der Waals surface area contributed by atoms with E-state index in [1.807, 2.05) is 23.5 Å². The molecule has 16 heavy (non-hydrogen) atoms. The highest BCUT2D eigenvalue weighted by atomic mass is 32.2. The molecule has 1 heterocycles. The maximum atomic E-state index is 12.8. The Balaban J connectivity index is 2.11. The molecule has 1 aliphatic rings. The Kier molecular flexibility index (Phi) is 4.16. The summed E-state index contributed by atoms with van der Waals surface area (Å²) in [5, 5.41) is 1.00. The van der Waals surface area contributed by atoms with E-state index in [1.165, 1.54) is 17.9 Å². The number of hydrogen-bond acceptors (Lipinski definition) is 3. The van der Waals surface area contributed by atoms with Crippen LogP contribution in [-0.4, -0.2) is 22.0 Å². The number of thioether (sulfide) groups is 2. The highest BCUT2D eigenvalue weighted by molar-refractivity contribution is 8.07. The molecule has 0 bridgehead atoms. The topological polar surface area (TPSA) is 26.0 Å². The molecule has 1 aliphatic heterocycles. The van der Waals surface area contributed by atoms with Crippen LogP contribution in [0.4, 0.5) is 4.39 Å². The first-order chi connectivity index (χ1) is 7.68. The summed E-state index contributed by atoms with van der Waals surface area (Å²) >= 11 is 3.92. The predicted molar refractivity (Wildman–Crippen MR) is 71.5 cm³/mol. The molecule has 3 atom stereocenters. The van der Waals surface area contributed by atoms with Crippen LogP contribution in [0.2, 0.25) is 0 Å². The Morgan fingerprint density at radius 2 is 1.88 bits per heavy atom. The maximum Gasteiger partial charge on any atom is 0.123 e. The van der Waals surface area contributed by atoms with Crippen LogP contribution in [0.15, 0.2) is 24.3 Å². The lowest BCUT2D eigenvalue weighted by Crippen LogP contribution is -2.34. The number of nitrogens with two attached hydrogens (primary N) is 1. The fraction of sp³-hybridized carbons (Fsp3) is 0.500. The van der Waals surface area contributed by atoms with Gasteiger partial charge in [-0.05, 0) is 17.7 Å². The fourth-order valence-corrected chi connectivity index (χ4v) is 4.80. The average Bonchev–Trinajstić information content (AvgIpc) is 2.30. The molecule has 3 unspecified atom stereocenters. The summed E-state index contributed by atoms with van der Waals surface area (Å²) in [6.07, 6.45) is 0. The number of benzene rings is 1. The molecule has 1 saturated heterocycles. The third kappa shape index (κ3) is 2.73. The first-order valence-electron chi connectivity index (χ1n) is 5.43. The average molecular weight is 257 g/mol. The van der Waals surface area contributed by atoms with Crippen LogP contribution in [0.3, 0.4) is 0 Å². The second-order valence-electron chi connectivity index (χ2n) is 3.99. The molecule has 1 fully saturated rings. The van der Waals surface area contributed by atoms with Gasteiger partial charge in [0.15, 0.2) is 0 Å². The van der Waals surface area contributed by atoms with Crippen molar-refractivity contribution in [2.45, 2.75) is 23.5 Å².